The van der Waals surface area contributed by atoms with Gasteiger partial charge in [-0.2, -0.15) is 0 Å². The smallest absolute Gasteiger partial charge is 0.451 e. The summed E-state index contributed by atoms with van der Waals surface area (Å²) in [5.74, 6) is -1.22. The van der Waals surface area contributed by atoms with E-state index >= 15 is 0 Å². The maximum Gasteiger partial charge on any atom is 0.573 e. The van der Waals surface area contributed by atoms with Crippen molar-refractivity contribution in [3.8, 4) is 5.75 Å². The van der Waals surface area contributed by atoms with Gasteiger partial charge in [0, 0.05) is 16.0 Å². The molecule has 0 unspecified atom stereocenters. The monoisotopic (exact) mass is 369 g/mol. The van der Waals surface area contributed by atoms with Crippen LogP contribution in [0.15, 0.2) is 46.9 Å². The van der Waals surface area contributed by atoms with E-state index in [1.807, 2.05) is 0 Å². The largest absolute Gasteiger partial charge is 0.573 e. The summed E-state index contributed by atoms with van der Waals surface area (Å²) in [4.78, 5) is 12.4. The summed E-state index contributed by atoms with van der Waals surface area (Å²) in [6.07, 6.45) is -4.87. The minimum Gasteiger partial charge on any atom is -0.451 e. The summed E-state index contributed by atoms with van der Waals surface area (Å²) in [7, 11) is 0. The van der Waals surface area contributed by atoms with Crippen molar-refractivity contribution < 1.29 is 27.1 Å². The van der Waals surface area contributed by atoms with E-state index in [-0.39, 0.29) is 11.4 Å². The predicted octanol–water partition coefficient (Wildman–Crippen LogP) is 5.55. The van der Waals surface area contributed by atoms with E-state index in [9.17, 15) is 18.0 Å². The van der Waals surface area contributed by atoms with Gasteiger partial charge in [-0.3, -0.25) is 4.79 Å². The number of fused-ring (bicyclic) bond motifs is 1. The first-order valence-corrected chi connectivity index (χ1v) is 7.47. The average Bonchev–Trinajstić information content (AvgIpc) is 2.85. The molecule has 0 fully saturated rings. The molecule has 1 heterocycles. The first-order valence-electron chi connectivity index (χ1n) is 7.09. The Morgan fingerprint density at radius 3 is 2.64 bits per heavy atom. The Morgan fingerprint density at radius 2 is 1.92 bits per heavy atom. The van der Waals surface area contributed by atoms with Crippen LogP contribution in [-0.2, 0) is 0 Å². The number of ether oxygens (including phenoxy) is 1. The fourth-order valence-corrected chi connectivity index (χ4v) is 2.54. The molecular formula is C17H11ClF3NO3. The van der Waals surface area contributed by atoms with E-state index in [4.69, 9.17) is 16.0 Å². The Bertz CT molecular complexity index is 950. The van der Waals surface area contributed by atoms with Crippen LogP contribution in [0.5, 0.6) is 5.75 Å². The molecule has 1 N–H and O–H groups in total. The SMILES string of the molecule is Cc1c(C(=O)Nc2ccccc2OC(F)(F)F)oc2ccc(Cl)cc12. The number of amides is 1. The van der Waals surface area contributed by atoms with Gasteiger partial charge in [-0.15, -0.1) is 13.2 Å². The van der Waals surface area contributed by atoms with E-state index in [1.54, 1.807) is 25.1 Å². The van der Waals surface area contributed by atoms with Crippen LogP contribution in [-0.4, -0.2) is 12.3 Å². The molecule has 2 aromatic carbocycles. The highest BCUT2D eigenvalue weighted by atomic mass is 35.5. The molecule has 4 nitrogen and oxygen atoms in total. The van der Waals surface area contributed by atoms with Gasteiger partial charge in [0.05, 0.1) is 5.69 Å². The van der Waals surface area contributed by atoms with Gasteiger partial charge in [0.2, 0.25) is 0 Å². The van der Waals surface area contributed by atoms with Crippen molar-refractivity contribution in [1.29, 1.82) is 0 Å². The number of carbonyl (C=O) groups is 1. The molecule has 0 saturated carbocycles. The van der Waals surface area contributed by atoms with E-state index < -0.39 is 18.0 Å². The Balaban J connectivity index is 1.92. The molecule has 0 aliphatic carbocycles. The lowest BCUT2D eigenvalue weighted by molar-refractivity contribution is -0.274. The Morgan fingerprint density at radius 1 is 1.20 bits per heavy atom. The molecule has 0 bridgehead atoms. The average molecular weight is 370 g/mol. The highest BCUT2D eigenvalue weighted by Crippen LogP contribution is 2.32. The topological polar surface area (TPSA) is 51.5 Å². The number of alkyl halides is 3. The number of anilines is 1. The van der Waals surface area contributed by atoms with E-state index in [0.29, 0.717) is 21.6 Å². The lowest BCUT2D eigenvalue weighted by Crippen LogP contribution is -2.19. The van der Waals surface area contributed by atoms with E-state index in [0.717, 1.165) is 6.07 Å². The number of benzene rings is 2. The third-order valence-electron chi connectivity index (χ3n) is 3.47. The van der Waals surface area contributed by atoms with Crippen molar-refractivity contribution in [2.45, 2.75) is 13.3 Å². The minimum absolute atomic E-state index is 0.0147. The maximum absolute atomic E-state index is 12.5. The zero-order valence-corrected chi connectivity index (χ0v) is 13.5. The molecule has 3 rings (SSSR count). The van der Waals surface area contributed by atoms with Crippen LogP contribution in [0.3, 0.4) is 0 Å². The number of rotatable bonds is 3. The molecule has 1 amide bonds. The number of carbonyl (C=O) groups excluding carboxylic acids is 1. The standard InChI is InChI=1S/C17H11ClF3NO3/c1-9-11-8-10(18)6-7-13(11)24-15(9)16(23)22-12-4-2-3-5-14(12)25-17(19,20)21/h2-8H,1H3,(H,22,23). The van der Waals surface area contributed by atoms with Gasteiger partial charge in [-0.05, 0) is 37.3 Å². The van der Waals surface area contributed by atoms with Crippen molar-refractivity contribution in [2.24, 2.45) is 0 Å². The summed E-state index contributed by atoms with van der Waals surface area (Å²) in [6, 6.07) is 10.1. The van der Waals surface area contributed by atoms with Crippen LogP contribution in [0, 0.1) is 6.92 Å². The van der Waals surface area contributed by atoms with Gasteiger partial charge in [0.15, 0.2) is 11.5 Å². The van der Waals surface area contributed by atoms with E-state index in [2.05, 4.69) is 10.1 Å². The molecule has 8 heteroatoms. The van der Waals surface area contributed by atoms with Crippen molar-refractivity contribution in [3.63, 3.8) is 0 Å². The molecular weight excluding hydrogens is 359 g/mol. The number of para-hydroxylation sites is 2. The summed E-state index contributed by atoms with van der Waals surface area (Å²) in [6.45, 7) is 1.66. The zero-order chi connectivity index (χ0) is 18.2. The second kappa shape index (κ2) is 6.33. The third-order valence-corrected chi connectivity index (χ3v) is 3.70. The second-order valence-electron chi connectivity index (χ2n) is 5.19. The number of hydrogen-bond donors (Lipinski definition) is 1. The van der Waals surface area contributed by atoms with Crippen molar-refractivity contribution in [3.05, 3.63) is 58.8 Å². The molecule has 0 saturated heterocycles. The van der Waals surface area contributed by atoms with Crippen molar-refractivity contribution >= 4 is 34.2 Å². The van der Waals surface area contributed by atoms with Crippen molar-refractivity contribution in [2.75, 3.05) is 5.32 Å². The van der Waals surface area contributed by atoms with Gasteiger partial charge >= 0.3 is 6.36 Å². The molecule has 0 radical (unpaired) electrons. The maximum atomic E-state index is 12.5. The number of aryl methyl sites for hydroxylation is 1. The fraction of sp³-hybridized carbons (Fsp3) is 0.118. The highest BCUT2D eigenvalue weighted by molar-refractivity contribution is 6.31. The van der Waals surface area contributed by atoms with Crippen LogP contribution in [0.25, 0.3) is 11.0 Å². The molecule has 0 aliphatic heterocycles. The van der Waals surface area contributed by atoms with Crippen LogP contribution in [0.1, 0.15) is 16.1 Å². The number of hydrogen-bond acceptors (Lipinski definition) is 3. The first-order chi connectivity index (χ1) is 11.7. The number of furan rings is 1. The quantitative estimate of drug-likeness (QED) is 0.659. The van der Waals surface area contributed by atoms with Gasteiger partial charge in [0.1, 0.15) is 5.58 Å². The van der Waals surface area contributed by atoms with Crippen LogP contribution in [0.4, 0.5) is 18.9 Å². The lowest BCUT2D eigenvalue weighted by Gasteiger charge is -2.13. The highest BCUT2D eigenvalue weighted by Gasteiger charge is 2.32. The van der Waals surface area contributed by atoms with Crippen LogP contribution < -0.4 is 10.1 Å². The summed E-state index contributed by atoms with van der Waals surface area (Å²) >= 11 is 5.93. The van der Waals surface area contributed by atoms with Gasteiger partial charge in [0.25, 0.3) is 5.91 Å². The molecule has 0 atom stereocenters. The number of nitrogens with one attached hydrogen (secondary N) is 1. The Hall–Kier alpha value is -2.67. The Labute approximate surface area is 145 Å². The molecule has 1 aromatic heterocycles. The second-order valence-corrected chi connectivity index (χ2v) is 5.63. The van der Waals surface area contributed by atoms with Crippen LogP contribution in [0.2, 0.25) is 5.02 Å². The summed E-state index contributed by atoms with van der Waals surface area (Å²) in [5.41, 5.74) is 0.860. The predicted molar refractivity (Wildman–Crippen MR) is 87.0 cm³/mol. The zero-order valence-electron chi connectivity index (χ0n) is 12.8. The lowest BCUT2D eigenvalue weighted by atomic mass is 10.1. The molecule has 130 valence electrons. The van der Waals surface area contributed by atoms with Crippen molar-refractivity contribution in [1.82, 2.24) is 0 Å². The molecule has 25 heavy (non-hydrogen) atoms. The molecule has 0 spiro atoms. The minimum atomic E-state index is -4.87. The van der Waals surface area contributed by atoms with Gasteiger partial charge in [-0.25, -0.2) is 0 Å². The van der Waals surface area contributed by atoms with Gasteiger partial charge in [-0.1, -0.05) is 23.7 Å². The summed E-state index contributed by atoms with van der Waals surface area (Å²) < 4.78 is 46.8. The van der Waals surface area contributed by atoms with Gasteiger partial charge < -0.3 is 14.5 Å². The normalized spacial score (nSPS) is 11.6. The molecule has 3 aromatic rings. The fourth-order valence-electron chi connectivity index (χ4n) is 2.37. The molecule has 0 aliphatic rings. The van der Waals surface area contributed by atoms with Crippen LogP contribution >= 0.6 is 11.6 Å². The summed E-state index contributed by atoms with van der Waals surface area (Å²) in [5, 5.41) is 3.50. The van der Waals surface area contributed by atoms with E-state index in [1.165, 1.54) is 18.2 Å². The first kappa shape index (κ1) is 17.2. The Kier molecular flexibility index (Phi) is 4.34. The third kappa shape index (κ3) is 3.71. The number of halogens is 4.